The van der Waals surface area contributed by atoms with Crippen molar-refractivity contribution in [3.8, 4) is 0 Å². The highest BCUT2D eigenvalue weighted by Crippen LogP contribution is 2.17. The molecule has 2 aromatic rings. The number of anilines is 2. The number of likely N-dealkylation sites (tertiary alicyclic amines) is 1. The monoisotopic (exact) mass is 451 g/mol. The van der Waals surface area contributed by atoms with E-state index in [2.05, 4.69) is 20.9 Å². The molecule has 1 aliphatic heterocycles. The van der Waals surface area contributed by atoms with Crippen LogP contribution in [0.4, 0.5) is 16.2 Å². The van der Waals surface area contributed by atoms with Crippen LogP contribution in [0.5, 0.6) is 0 Å². The van der Waals surface area contributed by atoms with Crippen molar-refractivity contribution >= 4 is 29.2 Å². The highest BCUT2D eigenvalue weighted by Gasteiger charge is 2.26. The lowest BCUT2D eigenvalue weighted by molar-refractivity contribution is -0.135. The quantitative estimate of drug-likeness (QED) is 0.575. The van der Waals surface area contributed by atoms with Gasteiger partial charge in [-0.25, -0.2) is 4.79 Å². The number of hydrogen-bond acceptors (Lipinski definition) is 4. The molecule has 2 aromatic carbocycles. The van der Waals surface area contributed by atoms with Crippen LogP contribution < -0.4 is 16.0 Å². The van der Waals surface area contributed by atoms with Crippen LogP contribution in [0, 0.1) is 6.92 Å². The average Bonchev–Trinajstić information content (AvgIpc) is 2.80. The summed E-state index contributed by atoms with van der Waals surface area (Å²) in [5.41, 5.74) is 2.56. The Morgan fingerprint density at radius 3 is 2.39 bits per heavy atom. The second-order valence-corrected chi connectivity index (χ2v) is 8.49. The van der Waals surface area contributed by atoms with Gasteiger partial charge in [0.15, 0.2) is 0 Å². The zero-order chi connectivity index (χ0) is 23.6. The van der Waals surface area contributed by atoms with Crippen LogP contribution in [0.3, 0.4) is 0 Å². The first-order valence-electron chi connectivity index (χ1n) is 11.3. The lowest BCUT2D eigenvalue weighted by atomic mass is 10.0. The van der Waals surface area contributed by atoms with Gasteiger partial charge in [0.05, 0.1) is 13.1 Å². The fourth-order valence-electron chi connectivity index (χ4n) is 3.84. The van der Waals surface area contributed by atoms with Crippen LogP contribution >= 0.6 is 0 Å². The van der Waals surface area contributed by atoms with Gasteiger partial charge in [-0.1, -0.05) is 42.3 Å². The number of piperidine rings is 1. The van der Waals surface area contributed by atoms with Gasteiger partial charge >= 0.3 is 6.03 Å². The first-order valence-corrected chi connectivity index (χ1v) is 11.3. The molecule has 33 heavy (non-hydrogen) atoms. The Labute approximate surface area is 195 Å². The van der Waals surface area contributed by atoms with Gasteiger partial charge in [-0.15, -0.1) is 0 Å². The van der Waals surface area contributed by atoms with Gasteiger partial charge in [0.2, 0.25) is 11.8 Å². The summed E-state index contributed by atoms with van der Waals surface area (Å²) in [7, 11) is 1.64. The number of benzene rings is 2. The van der Waals surface area contributed by atoms with Gasteiger partial charge in [-0.3, -0.25) is 14.5 Å². The molecule has 1 saturated heterocycles. The smallest absolute Gasteiger partial charge is 0.319 e. The predicted molar refractivity (Wildman–Crippen MR) is 130 cm³/mol. The van der Waals surface area contributed by atoms with E-state index in [9.17, 15) is 14.4 Å². The average molecular weight is 452 g/mol. The van der Waals surface area contributed by atoms with E-state index >= 15 is 0 Å². The highest BCUT2D eigenvalue weighted by molar-refractivity contribution is 5.94. The van der Waals surface area contributed by atoms with Crippen molar-refractivity contribution in [2.75, 3.05) is 43.9 Å². The Kier molecular flexibility index (Phi) is 8.83. The third-order valence-corrected chi connectivity index (χ3v) is 5.76. The Morgan fingerprint density at radius 2 is 1.67 bits per heavy atom. The van der Waals surface area contributed by atoms with E-state index in [1.54, 1.807) is 7.05 Å². The number of carbonyl (C=O) groups excluding carboxylic acids is 3. The van der Waals surface area contributed by atoms with E-state index in [0.29, 0.717) is 12.2 Å². The zero-order valence-corrected chi connectivity index (χ0v) is 19.3. The molecule has 0 aliphatic carbocycles. The van der Waals surface area contributed by atoms with Crippen molar-refractivity contribution in [1.29, 1.82) is 0 Å². The van der Waals surface area contributed by atoms with Crippen LogP contribution in [0.1, 0.15) is 24.8 Å². The molecule has 8 heteroatoms. The van der Waals surface area contributed by atoms with Crippen LogP contribution in [-0.2, 0) is 9.59 Å². The van der Waals surface area contributed by atoms with Crippen LogP contribution in [0.25, 0.3) is 0 Å². The highest BCUT2D eigenvalue weighted by atomic mass is 16.2. The second-order valence-electron chi connectivity index (χ2n) is 8.49. The maximum Gasteiger partial charge on any atom is 0.319 e. The molecule has 3 N–H and O–H groups in total. The van der Waals surface area contributed by atoms with Gasteiger partial charge in [0.25, 0.3) is 0 Å². The van der Waals surface area contributed by atoms with E-state index in [1.807, 2.05) is 61.5 Å². The molecule has 0 bridgehead atoms. The third-order valence-electron chi connectivity index (χ3n) is 5.76. The molecular formula is C25H33N5O3. The SMILES string of the molecule is Cc1ccc(NC(=O)CN(C)C(=O)CN2CCCCC2CNC(=O)Nc2ccccc2)cc1. The summed E-state index contributed by atoms with van der Waals surface area (Å²) >= 11 is 0. The second kappa shape index (κ2) is 12.0. The van der Waals surface area contributed by atoms with E-state index in [0.717, 1.165) is 37.1 Å². The fraction of sp³-hybridized carbons (Fsp3) is 0.400. The number of likely N-dealkylation sites (N-methyl/N-ethyl adjacent to an activating group) is 1. The van der Waals surface area contributed by atoms with E-state index in [4.69, 9.17) is 0 Å². The molecule has 1 atom stereocenters. The van der Waals surface area contributed by atoms with Gasteiger partial charge in [-0.05, 0) is 50.6 Å². The lowest BCUT2D eigenvalue weighted by Gasteiger charge is -2.36. The third kappa shape index (κ3) is 7.91. The number of amides is 4. The Balaban J connectivity index is 1.45. The van der Waals surface area contributed by atoms with Crippen molar-refractivity contribution in [2.45, 2.75) is 32.2 Å². The molecule has 176 valence electrons. The van der Waals surface area contributed by atoms with E-state index in [1.165, 1.54) is 4.90 Å². The van der Waals surface area contributed by atoms with Crippen LogP contribution in [0.15, 0.2) is 54.6 Å². The summed E-state index contributed by atoms with van der Waals surface area (Å²) in [5.74, 6) is -0.348. The van der Waals surface area contributed by atoms with Crippen molar-refractivity contribution in [1.82, 2.24) is 15.1 Å². The minimum absolute atomic E-state index is 0.0110. The molecule has 0 radical (unpaired) electrons. The number of rotatable bonds is 8. The van der Waals surface area contributed by atoms with E-state index < -0.39 is 0 Å². The van der Waals surface area contributed by atoms with Gasteiger partial charge < -0.3 is 20.9 Å². The summed E-state index contributed by atoms with van der Waals surface area (Å²) < 4.78 is 0. The summed E-state index contributed by atoms with van der Waals surface area (Å²) in [4.78, 5) is 40.9. The number of nitrogens with zero attached hydrogens (tertiary/aromatic N) is 2. The Hall–Kier alpha value is -3.39. The molecule has 0 aromatic heterocycles. The summed E-state index contributed by atoms with van der Waals surface area (Å²) in [5, 5.41) is 8.55. The first kappa shape index (κ1) is 24.3. The number of aryl methyl sites for hydroxylation is 1. The topological polar surface area (TPSA) is 93.8 Å². The van der Waals surface area contributed by atoms with Gasteiger partial charge in [0.1, 0.15) is 0 Å². The predicted octanol–water partition coefficient (Wildman–Crippen LogP) is 3.07. The number of urea groups is 1. The lowest BCUT2D eigenvalue weighted by Crippen LogP contribution is -2.51. The van der Waals surface area contributed by atoms with Crippen molar-refractivity contribution in [3.63, 3.8) is 0 Å². The maximum atomic E-state index is 12.8. The molecule has 0 saturated carbocycles. The maximum absolute atomic E-state index is 12.8. The molecule has 4 amide bonds. The zero-order valence-electron chi connectivity index (χ0n) is 19.3. The molecule has 1 fully saturated rings. The van der Waals surface area contributed by atoms with Crippen molar-refractivity contribution < 1.29 is 14.4 Å². The van der Waals surface area contributed by atoms with Gasteiger partial charge in [0, 0.05) is 31.0 Å². The first-order chi connectivity index (χ1) is 15.9. The van der Waals surface area contributed by atoms with E-state index in [-0.39, 0.29) is 37.0 Å². The van der Waals surface area contributed by atoms with Crippen LogP contribution in [0.2, 0.25) is 0 Å². The fourth-order valence-corrected chi connectivity index (χ4v) is 3.84. The van der Waals surface area contributed by atoms with Gasteiger partial charge in [-0.2, -0.15) is 0 Å². The molecule has 1 unspecified atom stereocenters. The van der Waals surface area contributed by atoms with Crippen molar-refractivity contribution in [2.24, 2.45) is 0 Å². The standard InChI is InChI=1S/C25H33N5O3/c1-19-11-13-21(14-12-19)27-23(31)17-29(2)24(32)18-30-15-7-6-10-22(30)16-26-25(33)28-20-8-4-3-5-9-20/h3-5,8-9,11-14,22H,6-7,10,15-18H2,1-2H3,(H,27,31)(H2,26,28,33). The molecular weight excluding hydrogens is 418 g/mol. The number of carbonyl (C=O) groups is 3. The minimum atomic E-state index is -0.261. The Morgan fingerprint density at radius 1 is 0.970 bits per heavy atom. The Bertz CT molecular complexity index is 933. The normalized spacial score (nSPS) is 16.0. The summed E-state index contributed by atoms with van der Waals surface area (Å²) in [6.07, 6.45) is 2.99. The number of para-hydroxylation sites is 1. The number of hydrogen-bond donors (Lipinski definition) is 3. The van der Waals surface area contributed by atoms with Crippen molar-refractivity contribution in [3.05, 3.63) is 60.2 Å². The largest absolute Gasteiger partial charge is 0.336 e. The molecule has 0 spiro atoms. The summed E-state index contributed by atoms with van der Waals surface area (Å²) in [6.45, 7) is 3.45. The minimum Gasteiger partial charge on any atom is -0.336 e. The molecule has 8 nitrogen and oxygen atoms in total. The summed E-state index contributed by atoms with van der Waals surface area (Å²) in [6, 6.07) is 16.6. The number of nitrogens with one attached hydrogen (secondary N) is 3. The molecule has 1 heterocycles. The molecule has 3 rings (SSSR count). The van der Waals surface area contributed by atoms with Crippen LogP contribution in [-0.4, -0.2) is 66.9 Å². The molecule has 1 aliphatic rings.